The zero-order chi connectivity index (χ0) is 11.1. The second kappa shape index (κ2) is 3.67. The van der Waals surface area contributed by atoms with Gasteiger partial charge >= 0.3 is 0 Å². The lowest BCUT2D eigenvalue weighted by Gasteiger charge is -2.19. The first-order valence-electron chi connectivity index (χ1n) is 5.48. The first-order chi connectivity index (χ1) is 7.83. The summed E-state index contributed by atoms with van der Waals surface area (Å²) < 4.78 is 2.18. The third-order valence-corrected chi connectivity index (χ3v) is 4.45. The minimum absolute atomic E-state index is 0.0775. The van der Waals surface area contributed by atoms with Gasteiger partial charge in [-0.1, -0.05) is 18.2 Å². The second-order valence-corrected chi connectivity index (χ2v) is 5.28. The van der Waals surface area contributed by atoms with Gasteiger partial charge in [-0.3, -0.25) is 0 Å². The van der Waals surface area contributed by atoms with E-state index >= 15 is 0 Å². The Bertz CT molecular complexity index is 558. The van der Waals surface area contributed by atoms with E-state index in [4.69, 9.17) is 0 Å². The summed E-state index contributed by atoms with van der Waals surface area (Å²) in [6.07, 6.45) is 2.06. The molecule has 0 radical (unpaired) electrons. The fourth-order valence-corrected chi connectivity index (χ4v) is 3.84. The molecule has 1 atom stereocenters. The van der Waals surface area contributed by atoms with Crippen molar-refractivity contribution in [2.45, 2.75) is 17.2 Å². The molecule has 16 heavy (non-hydrogen) atoms. The Kier molecular flexibility index (Phi) is 2.28. The molecule has 2 heterocycles. The summed E-state index contributed by atoms with van der Waals surface area (Å²) in [5.41, 5.74) is 2.43. The number of hydrogen-bond donors (Lipinski definition) is 0. The summed E-state index contributed by atoms with van der Waals surface area (Å²) in [5, 5.41) is 1.29. The van der Waals surface area contributed by atoms with Crippen LogP contribution >= 0.6 is 11.8 Å². The summed E-state index contributed by atoms with van der Waals surface area (Å²) in [7, 11) is 2.06. The van der Waals surface area contributed by atoms with Crippen molar-refractivity contribution in [1.82, 2.24) is 4.57 Å². The molecule has 1 unspecified atom stereocenters. The molecule has 1 aliphatic rings. The van der Waals surface area contributed by atoms with Crippen molar-refractivity contribution in [3.8, 4) is 0 Å². The van der Waals surface area contributed by atoms with Crippen LogP contribution in [0.3, 0.4) is 0 Å². The fourth-order valence-electron chi connectivity index (χ4n) is 2.50. The van der Waals surface area contributed by atoms with E-state index in [0.717, 1.165) is 18.5 Å². The Balaban J connectivity index is 2.37. The number of benzene rings is 1. The summed E-state index contributed by atoms with van der Waals surface area (Å²) in [6.45, 7) is 0. The van der Waals surface area contributed by atoms with Crippen molar-refractivity contribution in [2.75, 3.05) is 5.75 Å². The van der Waals surface area contributed by atoms with Crippen LogP contribution in [-0.4, -0.2) is 16.6 Å². The van der Waals surface area contributed by atoms with Crippen LogP contribution in [0.25, 0.3) is 10.9 Å². The highest BCUT2D eigenvalue weighted by Gasteiger charge is 2.26. The van der Waals surface area contributed by atoms with Gasteiger partial charge < -0.3 is 9.36 Å². The van der Waals surface area contributed by atoms with E-state index in [-0.39, 0.29) is 5.92 Å². The molecular formula is C13H13NOS. The van der Waals surface area contributed by atoms with Crippen LogP contribution in [0.15, 0.2) is 29.2 Å². The van der Waals surface area contributed by atoms with Crippen LogP contribution in [0.4, 0.5) is 0 Å². The first kappa shape index (κ1) is 9.97. The minimum Gasteiger partial charge on any atom is -0.346 e. The summed E-state index contributed by atoms with van der Waals surface area (Å²) >= 11 is 1.88. The van der Waals surface area contributed by atoms with Crippen molar-refractivity contribution in [2.24, 2.45) is 7.05 Å². The van der Waals surface area contributed by atoms with Crippen LogP contribution in [0.5, 0.6) is 0 Å². The maximum Gasteiger partial charge on any atom is 0.129 e. The molecule has 1 aliphatic heterocycles. The molecule has 1 aromatic heterocycles. The van der Waals surface area contributed by atoms with Crippen molar-refractivity contribution < 1.29 is 4.79 Å². The number of hydrogen-bond acceptors (Lipinski definition) is 2. The monoisotopic (exact) mass is 231 g/mol. The number of carbonyl (C=O) groups excluding carboxylic acids is 1. The summed E-state index contributed by atoms with van der Waals surface area (Å²) in [4.78, 5) is 12.4. The molecule has 0 N–H and O–H groups in total. The third-order valence-electron chi connectivity index (χ3n) is 3.29. The average Bonchev–Trinajstić information content (AvgIpc) is 2.64. The maximum atomic E-state index is 11.1. The number of fused-ring (bicyclic) bond motifs is 3. The van der Waals surface area contributed by atoms with E-state index in [9.17, 15) is 4.79 Å². The van der Waals surface area contributed by atoms with Crippen LogP contribution in [-0.2, 0) is 11.8 Å². The second-order valence-electron chi connectivity index (χ2n) is 4.17. The molecule has 0 aliphatic carbocycles. The molecule has 0 saturated carbocycles. The number of carbonyl (C=O) groups is 1. The number of para-hydroxylation sites is 1. The lowest BCUT2D eigenvalue weighted by molar-refractivity contribution is -0.109. The number of thioether (sulfide) groups is 1. The quantitative estimate of drug-likeness (QED) is 0.704. The number of rotatable bonds is 1. The van der Waals surface area contributed by atoms with Crippen molar-refractivity contribution >= 4 is 29.0 Å². The van der Waals surface area contributed by atoms with Gasteiger partial charge in [0.15, 0.2) is 0 Å². The van der Waals surface area contributed by atoms with E-state index in [0.29, 0.717) is 0 Å². The van der Waals surface area contributed by atoms with Gasteiger partial charge in [0.25, 0.3) is 0 Å². The number of aldehydes is 1. The average molecular weight is 231 g/mol. The lowest BCUT2D eigenvalue weighted by Crippen LogP contribution is -2.11. The van der Waals surface area contributed by atoms with Crippen molar-refractivity contribution in [1.29, 1.82) is 0 Å². The molecule has 0 spiro atoms. The number of aromatic nitrogens is 1. The molecular weight excluding hydrogens is 218 g/mol. The molecule has 1 aromatic carbocycles. The highest BCUT2D eigenvalue weighted by molar-refractivity contribution is 7.99. The van der Waals surface area contributed by atoms with E-state index in [1.807, 2.05) is 17.8 Å². The molecule has 3 heteroatoms. The number of nitrogens with zero attached hydrogens (tertiary/aromatic N) is 1. The van der Waals surface area contributed by atoms with Gasteiger partial charge in [0.05, 0.1) is 5.92 Å². The lowest BCUT2D eigenvalue weighted by atomic mass is 10.0. The fraction of sp³-hybridized carbons (Fsp3) is 0.308. The van der Waals surface area contributed by atoms with Gasteiger partial charge in [0, 0.05) is 28.5 Å². The topological polar surface area (TPSA) is 22.0 Å². The van der Waals surface area contributed by atoms with Gasteiger partial charge in [-0.25, -0.2) is 0 Å². The predicted octanol–water partition coefficient (Wildman–Crippen LogP) is 2.96. The Morgan fingerprint density at radius 1 is 1.44 bits per heavy atom. The predicted molar refractivity (Wildman–Crippen MR) is 67.1 cm³/mol. The van der Waals surface area contributed by atoms with Gasteiger partial charge in [0.1, 0.15) is 6.29 Å². The van der Waals surface area contributed by atoms with Gasteiger partial charge in [-0.15, -0.1) is 11.8 Å². The molecule has 82 valence electrons. The molecule has 0 saturated heterocycles. The molecule has 0 fully saturated rings. The van der Waals surface area contributed by atoms with E-state index < -0.39 is 0 Å². The minimum atomic E-state index is 0.0775. The molecule has 2 aromatic rings. The van der Waals surface area contributed by atoms with Crippen LogP contribution < -0.4 is 0 Å². The number of aryl methyl sites for hydroxylation is 1. The van der Waals surface area contributed by atoms with Crippen LogP contribution in [0.2, 0.25) is 0 Å². The highest BCUT2D eigenvalue weighted by Crippen LogP contribution is 2.42. The summed E-state index contributed by atoms with van der Waals surface area (Å²) in [5.74, 6) is 1.12. The normalized spacial score (nSPS) is 19.7. The summed E-state index contributed by atoms with van der Waals surface area (Å²) in [6, 6.07) is 8.38. The molecule has 0 bridgehead atoms. The van der Waals surface area contributed by atoms with Crippen molar-refractivity contribution in [3.05, 3.63) is 30.0 Å². The SMILES string of the molecule is Cn1c2c(c3ccccc31)SCCC2C=O. The van der Waals surface area contributed by atoms with Gasteiger partial charge in [0.2, 0.25) is 0 Å². The zero-order valence-corrected chi connectivity index (χ0v) is 9.96. The molecule has 2 nitrogen and oxygen atoms in total. The first-order valence-corrected chi connectivity index (χ1v) is 6.47. The third kappa shape index (κ3) is 1.24. The molecule has 3 rings (SSSR count). The van der Waals surface area contributed by atoms with E-state index in [1.165, 1.54) is 21.5 Å². The van der Waals surface area contributed by atoms with Gasteiger partial charge in [-0.05, 0) is 18.2 Å². The Hall–Kier alpha value is -1.22. The Labute approximate surface area is 98.6 Å². The zero-order valence-electron chi connectivity index (χ0n) is 9.14. The van der Waals surface area contributed by atoms with E-state index in [1.54, 1.807) is 0 Å². The largest absolute Gasteiger partial charge is 0.346 e. The Morgan fingerprint density at radius 2 is 2.25 bits per heavy atom. The molecule has 0 amide bonds. The van der Waals surface area contributed by atoms with E-state index in [2.05, 4.69) is 29.8 Å². The smallest absolute Gasteiger partial charge is 0.129 e. The maximum absolute atomic E-state index is 11.1. The van der Waals surface area contributed by atoms with Crippen LogP contribution in [0.1, 0.15) is 18.0 Å². The van der Waals surface area contributed by atoms with Crippen LogP contribution in [0, 0.1) is 0 Å². The van der Waals surface area contributed by atoms with Crippen molar-refractivity contribution in [3.63, 3.8) is 0 Å². The standard InChI is InChI=1S/C13H13NOS/c1-14-11-5-3-2-4-10(11)13-12(14)9(8-15)6-7-16-13/h2-5,8-9H,6-7H2,1H3. The Morgan fingerprint density at radius 3 is 3.06 bits per heavy atom. The van der Waals surface area contributed by atoms with Gasteiger partial charge in [-0.2, -0.15) is 0 Å². The highest BCUT2D eigenvalue weighted by atomic mass is 32.2.